The minimum atomic E-state index is -0.0578. The maximum atomic E-state index is 12.0. The van der Waals surface area contributed by atoms with Crippen LogP contribution in [0.3, 0.4) is 0 Å². The number of carbonyl (C=O) groups is 2. The van der Waals surface area contributed by atoms with Gasteiger partial charge in [0.1, 0.15) is 0 Å². The van der Waals surface area contributed by atoms with Gasteiger partial charge in [0.2, 0.25) is 0 Å². The van der Waals surface area contributed by atoms with E-state index < -0.39 is 0 Å². The zero-order valence-electron chi connectivity index (χ0n) is 8.99. The van der Waals surface area contributed by atoms with Crippen molar-refractivity contribution in [2.75, 3.05) is 0 Å². The lowest BCUT2D eigenvalue weighted by Crippen LogP contribution is -2.17. The lowest BCUT2D eigenvalue weighted by atomic mass is 9.89. The van der Waals surface area contributed by atoms with E-state index in [1.807, 2.05) is 26.0 Å². The van der Waals surface area contributed by atoms with Crippen LogP contribution in [0.5, 0.6) is 0 Å². The molecule has 1 aliphatic carbocycles. The van der Waals surface area contributed by atoms with Gasteiger partial charge in [-0.3, -0.25) is 9.59 Å². The molecule has 0 bridgehead atoms. The number of rotatable bonds is 0. The van der Waals surface area contributed by atoms with Crippen molar-refractivity contribution in [1.29, 1.82) is 0 Å². The Morgan fingerprint density at radius 2 is 1.67 bits per heavy atom. The van der Waals surface area contributed by atoms with Gasteiger partial charge in [-0.2, -0.15) is 0 Å². The average molecular weight is 202 g/mol. The Kier molecular flexibility index (Phi) is 2.43. The van der Waals surface area contributed by atoms with E-state index >= 15 is 0 Å². The summed E-state index contributed by atoms with van der Waals surface area (Å²) in [5.74, 6) is 0.273. The molecule has 1 aromatic rings. The van der Waals surface area contributed by atoms with Crippen molar-refractivity contribution in [1.82, 2.24) is 0 Å². The number of fused-ring (bicyclic) bond motifs is 1. The van der Waals surface area contributed by atoms with Gasteiger partial charge in [0, 0.05) is 23.5 Å². The Labute approximate surface area is 89.3 Å². The van der Waals surface area contributed by atoms with E-state index in [-0.39, 0.29) is 23.4 Å². The summed E-state index contributed by atoms with van der Waals surface area (Å²) in [5, 5.41) is 0. The molecule has 0 heterocycles. The van der Waals surface area contributed by atoms with E-state index in [2.05, 4.69) is 0 Å². The van der Waals surface area contributed by atoms with Crippen molar-refractivity contribution in [3.63, 3.8) is 0 Å². The SMILES string of the molecule is CC1CC(=O)c2ccccc2C(=O)C1C. The first-order valence-corrected chi connectivity index (χ1v) is 5.27. The predicted molar refractivity (Wildman–Crippen MR) is 58.0 cm³/mol. The summed E-state index contributed by atoms with van der Waals surface area (Å²) in [4.78, 5) is 23.9. The molecule has 2 unspecified atom stereocenters. The van der Waals surface area contributed by atoms with E-state index in [9.17, 15) is 9.59 Å². The van der Waals surface area contributed by atoms with Crippen LogP contribution < -0.4 is 0 Å². The molecular weight excluding hydrogens is 188 g/mol. The minimum absolute atomic E-state index is 0.0578. The molecule has 0 amide bonds. The predicted octanol–water partition coefficient (Wildman–Crippen LogP) is 2.73. The van der Waals surface area contributed by atoms with Crippen LogP contribution in [0.2, 0.25) is 0 Å². The second-order valence-electron chi connectivity index (χ2n) is 4.30. The summed E-state index contributed by atoms with van der Waals surface area (Å²) < 4.78 is 0. The maximum Gasteiger partial charge on any atom is 0.166 e. The number of Topliss-reactive ketones (excluding diaryl/α,β-unsaturated/α-hetero) is 2. The fourth-order valence-electron chi connectivity index (χ4n) is 2.02. The largest absolute Gasteiger partial charge is 0.294 e. The van der Waals surface area contributed by atoms with E-state index in [1.54, 1.807) is 12.1 Å². The number of hydrogen-bond donors (Lipinski definition) is 0. The summed E-state index contributed by atoms with van der Waals surface area (Å²) in [6.45, 7) is 3.87. The van der Waals surface area contributed by atoms with Crippen LogP contribution in [-0.4, -0.2) is 11.6 Å². The average Bonchev–Trinajstić information content (AvgIpc) is 2.33. The molecule has 0 aromatic heterocycles. The van der Waals surface area contributed by atoms with Gasteiger partial charge in [0.15, 0.2) is 11.6 Å². The van der Waals surface area contributed by atoms with Crippen molar-refractivity contribution < 1.29 is 9.59 Å². The molecule has 15 heavy (non-hydrogen) atoms. The molecule has 0 spiro atoms. The van der Waals surface area contributed by atoms with Crippen LogP contribution in [0.4, 0.5) is 0 Å². The Balaban J connectivity index is 2.57. The fourth-order valence-corrected chi connectivity index (χ4v) is 2.02. The van der Waals surface area contributed by atoms with Gasteiger partial charge in [0.25, 0.3) is 0 Å². The van der Waals surface area contributed by atoms with E-state index in [4.69, 9.17) is 0 Å². The molecule has 0 aliphatic heterocycles. The van der Waals surface area contributed by atoms with E-state index in [0.717, 1.165) is 0 Å². The summed E-state index contributed by atoms with van der Waals surface area (Å²) in [6.07, 6.45) is 0.476. The molecular formula is C13H14O2. The first-order chi connectivity index (χ1) is 7.11. The van der Waals surface area contributed by atoms with Crippen LogP contribution >= 0.6 is 0 Å². The van der Waals surface area contributed by atoms with E-state index in [1.165, 1.54) is 0 Å². The van der Waals surface area contributed by atoms with E-state index in [0.29, 0.717) is 17.5 Å². The number of ketones is 2. The quantitative estimate of drug-likeness (QED) is 0.606. The molecule has 0 saturated carbocycles. The van der Waals surface area contributed by atoms with Gasteiger partial charge < -0.3 is 0 Å². The van der Waals surface area contributed by atoms with Gasteiger partial charge in [0.05, 0.1) is 0 Å². The van der Waals surface area contributed by atoms with Crippen LogP contribution in [0.1, 0.15) is 41.0 Å². The molecule has 1 aliphatic rings. The fraction of sp³-hybridized carbons (Fsp3) is 0.385. The second-order valence-corrected chi connectivity index (χ2v) is 4.30. The lowest BCUT2D eigenvalue weighted by molar-refractivity contribution is 0.0885. The van der Waals surface area contributed by atoms with Crippen LogP contribution in [0.15, 0.2) is 24.3 Å². The molecule has 2 nitrogen and oxygen atoms in total. The number of carbonyl (C=O) groups excluding carboxylic acids is 2. The van der Waals surface area contributed by atoms with Crippen molar-refractivity contribution in [3.8, 4) is 0 Å². The molecule has 0 radical (unpaired) electrons. The monoisotopic (exact) mass is 202 g/mol. The summed E-state index contributed by atoms with van der Waals surface area (Å²) in [7, 11) is 0. The third-order valence-corrected chi connectivity index (χ3v) is 3.27. The van der Waals surface area contributed by atoms with Gasteiger partial charge in [-0.25, -0.2) is 0 Å². The molecule has 1 aromatic carbocycles. The Morgan fingerprint density at radius 3 is 2.33 bits per heavy atom. The van der Waals surface area contributed by atoms with Crippen LogP contribution in [0.25, 0.3) is 0 Å². The topological polar surface area (TPSA) is 34.1 Å². The number of benzene rings is 1. The minimum Gasteiger partial charge on any atom is -0.294 e. The summed E-state index contributed by atoms with van der Waals surface area (Å²) in [6, 6.07) is 7.13. The van der Waals surface area contributed by atoms with Crippen LogP contribution in [-0.2, 0) is 0 Å². The third kappa shape index (κ3) is 1.60. The van der Waals surface area contributed by atoms with Gasteiger partial charge in [-0.1, -0.05) is 38.1 Å². The first-order valence-electron chi connectivity index (χ1n) is 5.27. The first kappa shape index (κ1) is 10.1. The molecule has 0 N–H and O–H groups in total. The van der Waals surface area contributed by atoms with Crippen molar-refractivity contribution in [2.24, 2.45) is 11.8 Å². The zero-order chi connectivity index (χ0) is 11.0. The summed E-state index contributed by atoms with van der Waals surface area (Å²) >= 11 is 0. The standard InChI is InChI=1S/C13H14O2/c1-8-7-12(14)10-5-3-4-6-11(10)13(15)9(8)2/h3-6,8-9H,7H2,1-2H3. The highest BCUT2D eigenvalue weighted by molar-refractivity contribution is 6.11. The zero-order valence-corrected chi connectivity index (χ0v) is 8.99. The van der Waals surface area contributed by atoms with Crippen molar-refractivity contribution in [2.45, 2.75) is 20.3 Å². The molecule has 2 atom stereocenters. The molecule has 2 heteroatoms. The maximum absolute atomic E-state index is 12.0. The Hall–Kier alpha value is -1.44. The van der Waals surface area contributed by atoms with Crippen molar-refractivity contribution in [3.05, 3.63) is 35.4 Å². The van der Waals surface area contributed by atoms with Gasteiger partial charge >= 0.3 is 0 Å². The van der Waals surface area contributed by atoms with Gasteiger partial charge in [-0.15, -0.1) is 0 Å². The number of hydrogen-bond acceptors (Lipinski definition) is 2. The third-order valence-electron chi connectivity index (χ3n) is 3.27. The highest BCUT2D eigenvalue weighted by atomic mass is 16.1. The van der Waals surface area contributed by atoms with Crippen LogP contribution in [0, 0.1) is 11.8 Å². The highest BCUT2D eigenvalue weighted by Crippen LogP contribution is 2.28. The molecule has 0 fully saturated rings. The van der Waals surface area contributed by atoms with Crippen molar-refractivity contribution >= 4 is 11.6 Å². The summed E-state index contributed by atoms with van der Waals surface area (Å²) in [5.41, 5.74) is 1.19. The highest BCUT2D eigenvalue weighted by Gasteiger charge is 2.30. The molecule has 2 rings (SSSR count). The smallest absolute Gasteiger partial charge is 0.166 e. The molecule has 78 valence electrons. The molecule has 0 saturated heterocycles. The normalized spacial score (nSPS) is 26.0. The lowest BCUT2D eigenvalue weighted by Gasteiger charge is -2.13. The Bertz CT molecular complexity index is 420. The van der Waals surface area contributed by atoms with Gasteiger partial charge in [-0.05, 0) is 5.92 Å². The Morgan fingerprint density at radius 1 is 1.07 bits per heavy atom. The second kappa shape index (κ2) is 3.61.